The standard InChI is InChI=1S/C30H35N3O4/c1-22-8-6-11-27(16-22)37-30-29(23(2)31-33(30)25-9-4-3-5-10-25)19-32(17-24-13-14-24)18-26(34)20-35-21-28-12-7-15-36-28/h3-12,15-16,24,26,34H,13-14,17-21H2,1-2H3/t26-/m1/s1. The largest absolute Gasteiger partial charge is 0.467 e. The zero-order valence-corrected chi connectivity index (χ0v) is 21.5. The van der Waals surface area contributed by atoms with Crippen molar-refractivity contribution in [1.29, 1.82) is 0 Å². The van der Waals surface area contributed by atoms with Crippen LogP contribution in [0.4, 0.5) is 0 Å². The van der Waals surface area contributed by atoms with Crippen molar-refractivity contribution in [3.8, 4) is 17.3 Å². The van der Waals surface area contributed by atoms with Gasteiger partial charge in [-0.3, -0.25) is 4.90 Å². The molecule has 0 radical (unpaired) electrons. The van der Waals surface area contributed by atoms with E-state index in [-0.39, 0.29) is 6.61 Å². The van der Waals surface area contributed by atoms with Gasteiger partial charge in [-0.25, -0.2) is 4.68 Å². The molecule has 7 heteroatoms. The lowest BCUT2D eigenvalue weighted by atomic mass is 10.2. The normalized spacial score (nSPS) is 14.3. The number of nitrogens with zero attached hydrogens (tertiary/aromatic N) is 3. The summed E-state index contributed by atoms with van der Waals surface area (Å²) in [6, 6.07) is 21.8. The molecule has 1 atom stereocenters. The average Bonchev–Trinajstić information content (AvgIpc) is 3.45. The van der Waals surface area contributed by atoms with Crippen molar-refractivity contribution >= 4 is 0 Å². The van der Waals surface area contributed by atoms with E-state index >= 15 is 0 Å². The number of ether oxygens (including phenoxy) is 2. The van der Waals surface area contributed by atoms with E-state index in [1.807, 2.05) is 72.3 Å². The fourth-order valence-corrected chi connectivity index (χ4v) is 4.49. The number of rotatable bonds is 13. The van der Waals surface area contributed by atoms with Crippen LogP contribution in [-0.2, 0) is 17.9 Å². The second kappa shape index (κ2) is 11.8. The lowest BCUT2D eigenvalue weighted by molar-refractivity contribution is 0.00307. The maximum absolute atomic E-state index is 10.8. The smallest absolute Gasteiger partial charge is 0.227 e. The molecule has 0 unspecified atom stereocenters. The monoisotopic (exact) mass is 501 g/mol. The number of benzene rings is 2. The van der Waals surface area contributed by atoms with Gasteiger partial charge in [0.1, 0.15) is 18.1 Å². The summed E-state index contributed by atoms with van der Waals surface area (Å²) in [5, 5.41) is 15.7. The van der Waals surface area contributed by atoms with E-state index in [0.29, 0.717) is 31.5 Å². The molecule has 5 rings (SSSR count). The lowest BCUT2D eigenvalue weighted by Crippen LogP contribution is -2.36. The highest BCUT2D eigenvalue weighted by Crippen LogP contribution is 2.34. The van der Waals surface area contributed by atoms with E-state index in [9.17, 15) is 5.11 Å². The van der Waals surface area contributed by atoms with E-state index < -0.39 is 6.10 Å². The van der Waals surface area contributed by atoms with Crippen LogP contribution in [0.2, 0.25) is 0 Å². The molecule has 0 aliphatic heterocycles. The van der Waals surface area contributed by atoms with Gasteiger partial charge in [0.25, 0.3) is 0 Å². The average molecular weight is 502 g/mol. The zero-order valence-electron chi connectivity index (χ0n) is 21.5. The van der Waals surface area contributed by atoms with Crippen LogP contribution in [0.5, 0.6) is 11.6 Å². The molecular formula is C30H35N3O4. The van der Waals surface area contributed by atoms with Gasteiger partial charge in [0.15, 0.2) is 0 Å². The van der Waals surface area contributed by atoms with Crippen LogP contribution in [0, 0.1) is 19.8 Å². The molecule has 7 nitrogen and oxygen atoms in total. The number of aryl methyl sites for hydroxylation is 2. The highest BCUT2D eigenvalue weighted by atomic mass is 16.5. The third kappa shape index (κ3) is 6.89. The van der Waals surface area contributed by atoms with Crippen molar-refractivity contribution in [3.05, 3.63) is 95.6 Å². The summed E-state index contributed by atoms with van der Waals surface area (Å²) in [5.74, 6) is 2.91. The van der Waals surface area contributed by atoms with E-state index in [1.165, 1.54) is 12.8 Å². The Balaban J connectivity index is 1.36. The molecule has 1 N–H and O–H groups in total. The highest BCUT2D eigenvalue weighted by molar-refractivity contribution is 5.43. The van der Waals surface area contributed by atoms with E-state index in [4.69, 9.17) is 19.0 Å². The predicted molar refractivity (Wildman–Crippen MR) is 142 cm³/mol. The first-order valence-electron chi connectivity index (χ1n) is 12.9. The van der Waals surface area contributed by atoms with Crippen molar-refractivity contribution in [1.82, 2.24) is 14.7 Å². The number of hydrogen-bond acceptors (Lipinski definition) is 6. The van der Waals surface area contributed by atoms with Gasteiger partial charge in [-0.05, 0) is 74.6 Å². The first kappa shape index (κ1) is 25.3. The molecule has 2 aromatic heterocycles. The molecule has 0 spiro atoms. The van der Waals surface area contributed by atoms with Gasteiger partial charge in [-0.15, -0.1) is 0 Å². The first-order chi connectivity index (χ1) is 18.0. The van der Waals surface area contributed by atoms with E-state index in [0.717, 1.165) is 40.6 Å². The molecule has 2 heterocycles. The van der Waals surface area contributed by atoms with Gasteiger partial charge < -0.3 is 19.0 Å². The van der Waals surface area contributed by atoms with Crippen LogP contribution in [0.1, 0.15) is 35.4 Å². The van der Waals surface area contributed by atoms with Crippen molar-refractivity contribution in [2.75, 3.05) is 19.7 Å². The maximum Gasteiger partial charge on any atom is 0.227 e. The summed E-state index contributed by atoms with van der Waals surface area (Å²) in [7, 11) is 0. The van der Waals surface area contributed by atoms with Crippen molar-refractivity contribution < 1.29 is 19.0 Å². The Bertz CT molecular complexity index is 1270. The fourth-order valence-electron chi connectivity index (χ4n) is 4.49. The molecule has 1 aliphatic carbocycles. The molecule has 0 saturated heterocycles. The Morgan fingerprint density at radius 1 is 1.08 bits per heavy atom. The number of aliphatic hydroxyl groups is 1. The third-order valence-corrected chi connectivity index (χ3v) is 6.54. The zero-order chi connectivity index (χ0) is 25.6. The third-order valence-electron chi connectivity index (χ3n) is 6.54. The predicted octanol–water partition coefficient (Wildman–Crippen LogP) is 5.66. The summed E-state index contributed by atoms with van der Waals surface area (Å²) in [6.45, 7) is 6.74. The van der Waals surface area contributed by atoms with Crippen LogP contribution in [0.3, 0.4) is 0 Å². The highest BCUT2D eigenvalue weighted by Gasteiger charge is 2.28. The summed E-state index contributed by atoms with van der Waals surface area (Å²) in [4.78, 5) is 2.31. The minimum Gasteiger partial charge on any atom is -0.467 e. The van der Waals surface area contributed by atoms with Gasteiger partial charge in [0, 0.05) is 19.6 Å². The number of aliphatic hydroxyl groups excluding tert-OH is 1. The molecule has 37 heavy (non-hydrogen) atoms. The molecule has 1 fully saturated rings. The minimum absolute atomic E-state index is 0.247. The van der Waals surface area contributed by atoms with Crippen molar-refractivity contribution in [3.63, 3.8) is 0 Å². The number of aromatic nitrogens is 2. The van der Waals surface area contributed by atoms with Gasteiger partial charge in [0.2, 0.25) is 5.88 Å². The Kier molecular flexibility index (Phi) is 8.04. The van der Waals surface area contributed by atoms with Crippen LogP contribution in [-0.4, -0.2) is 45.6 Å². The van der Waals surface area contributed by atoms with Crippen LogP contribution in [0.15, 0.2) is 77.4 Å². The van der Waals surface area contributed by atoms with Crippen molar-refractivity contribution in [2.24, 2.45) is 5.92 Å². The Morgan fingerprint density at radius 3 is 2.65 bits per heavy atom. The molecule has 1 aliphatic rings. The second-order valence-corrected chi connectivity index (χ2v) is 9.92. The van der Waals surface area contributed by atoms with Crippen LogP contribution in [0.25, 0.3) is 5.69 Å². The summed E-state index contributed by atoms with van der Waals surface area (Å²) < 4.78 is 19.4. The van der Waals surface area contributed by atoms with Gasteiger partial charge in [-0.1, -0.05) is 30.3 Å². The van der Waals surface area contributed by atoms with Gasteiger partial charge in [-0.2, -0.15) is 5.10 Å². The maximum atomic E-state index is 10.8. The first-order valence-corrected chi connectivity index (χ1v) is 12.9. The lowest BCUT2D eigenvalue weighted by Gasteiger charge is -2.25. The Labute approximate surface area is 218 Å². The van der Waals surface area contributed by atoms with Gasteiger partial charge in [0.05, 0.1) is 35.9 Å². The number of furan rings is 1. The van der Waals surface area contributed by atoms with Gasteiger partial charge >= 0.3 is 0 Å². The molecule has 2 aromatic carbocycles. The Hall–Kier alpha value is -3.39. The Morgan fingerprint density at radius 2 is 1.92 bits per heavy atom. The minimum atomic E-state index is -0.612. The number of hydrogen-bond donors (Lipinski definition) is 1. The topological polar surface area (TPSA) is 72.9 Å². The van der Waals surface area contributed by atoms with Crippen LogP contribution >= 0.6 is 0 Å². The fraction of sp³-hybridized carbons (Fsp3) is 0.367. The van der Waals surface area contributed by atoms with E-state index in [1.54, 1.807) is 6.26 Å². The molecule has 4 aromatic rings. The molecule has 0 bridgehead atoms. The van der Waals surface area contributed by atoms with E-state index in [2.05, 4.69) is 17.9 Å². The SMILES string of the molecule is Cc1cccc(Oc2c(CN(CC3CC3)C[C@@H](O)COCc3ccco3)c(C)nn2-c2ccccc2)c1. The van der Waals surface area contributed by atoms with Crippen LogP contribution < -0.4 is 4.74 Å². The number of para-hydroxylation sites is 1. The molecule has 1 saturated carbocycles. The quantitative estimate of drug-likeness (QED) is 0.255. The van der Waals surface area contributed by atoms with Crippen molar-refractivity contribution in [2.45, 2.75) is 45.9 Å². The summed E-state index contributed by atoms with van der Waals surface area (Å²) in [5.41, 5.74) is 4.01. The summed E-state index contributed by atoms with van der Waals surface area (Å²) >= 11 is 0. The molecular weight excluding hydrogens is 466 g/mol. The molecule has 0 amide bonds. The summed E-state index contributed by atoms with van der Waals surface area (Å²) in [6.07, 6.45) is 3.48. The second-order valence-electron chi connectivity index (χ2n) is 9.92. The molecule has 194 valence electrons.